The highest BCUT2D eigenvalue weighted by Crippen LogP contribution is 2.29. The standard InChI is InChI=1S/C27H27FN4OS/c1-27(2,3)31(18-20-10-6-4-7-11-20)24(33)19-34-26-30-29-25(21-14-16-22(28)17-15-21)32(26)23-12-8-5-9-13-23/h4-17H,18-19H2,1-3H3. The van der Waals surface area contributed by atoms with Gasteiger partial charge in [-0.3, -0.25) is 9.36 Å². The predicted molar refractivity (Wildman–Crippen MR) is 134 cm³/mol. The van der Waals surface area contributed by atoms with E-state index >= 15 is 0 Å². The molecule has 0 saturated carbocycles. The lowest BCUT2D eigenvalue weighted by molar-refractivity contribution is -0.133. The van der Waals surface area contributed by atoms with Crippen molar-refractivity contribution < 1.29 is 9.18 Å². The molecule has 7 heteroatoms. The molecule has 1 amide bonds. The molecule has 0 spiro atoms. The number of benzene rings is 3. The number of rotatable bonds is 7. The zero-order chi connectivity index (χ0) is 24.1. The Balaban J connectivity index is 1.61. The fraction of sp³-hybridized carbons (Fsp3) is 0.222. The Kier molecular flexibility index (Phi) is 7.12. The zero-order valence-corrected chi connectivity index (χ0v) is 20.3. The number of aromatic nitrogens is 3. The summed E-state index contributed by atoms with van der Waals surface area (Å²) in [6.07, 6.45) is 0. The molecule has 0 aliphatic carbocycles. The number of thioether (sulfide) groups is 1. The summed E-state index contributed by atoms with van der Waals surface area (Å²) in [5.41, 5.74) is 2.37. The van der Waals surface area contributed by atoms with Gasteiger partial charge in [-0.1, -0.05) is 60.3 Å². The monoisotopic (exact) mass is 474 g/mol. The fourth-order valence-corrected chi connectivity index (χ4v) is 4.46. The van der Waals surface area contributed by atoms with E-state index in [1.807, 2.05) is 90.9 Å². The van der Waals surface area contributed by atoms with Crippen molar-refractivity contribution in [3.63, 3.8) is 0 Å². The predicted octanol–water partition coefficient (Wildman–Crippen LogP) is 5.99. The van der Waals surface area contributed by atoms with Gasteiger partial charge in [0.05, 0.1) is 5.75 Å². The number of carbonyl (C=O) groups is 1. The van der Waals surface area contributed by atoms with E-state index in [1.54, 1.807) is 12.1 Å². The summed E-state index contributed by atoms with van der Waals surface area (Å²) >= 11 is 1.35. The minimum atomic E-state index is -0.333. The van der Waals surface area contributed by atoms with Crippen LogP contribution >= 0.6 is 11.8 Å². The Morgan fingerprint density at radius 3 is 2.15 bits per heavy atom. The van der Waals surface area contributed by atoms with E-state index in [4.69, 9.17) is 0 Å². The van der Waals surface area contributed by atoms with Crippen LogP contribution in [0.3, 0.4) is 0 Å². The lowest BCUT2D eigenvalue weighted by Gasteiger charge is -2.36. The average Bonchev–Trinajstić information content (AvgIpc) is 3.26. The van der Waals surface area contributed by atoms with Gasteiger partial charge < -0.3 is 4.90 Å². The van der Waals surface area contributed by atoms with Gasteiger partial charge in [0.15, 0.2) is 11.0 Å². The van der Waals surface area contributed by atoms with E-state index in [2.05, 4.69) is 10.2 Å². The molecule has 4 rings (SSSR count). The summed E-state index contributed by atoms with van der Waals surface area (Å²) in [6, 6.07) is 25.9. The normalized spacial score (nSPS) is 11.4. The summed E-state index contributed by atoms with van der Waals surface area (Å²) in [5, 5.41) is 9.36. The number of hydrogen-bond donors (Lipinski definition) is 0. The third-order valence-electron chi connectivity index (χ3n) is 5.37. The van der Waals surface area contributed by atoms with E-state index in [1.165, 1.54) is 23.9 Å². The van der Waals surface area contributed by atoms with Crippen LogP contribution in [0.2, 0.25) is 0 Å². The average molecular weight is 475 g/mol. The van der Waals surface area contributed by atoms with Gasteiger partial charge >= 0.3 is 0 Å². The quantitative estimate of drug-likeness (QED) is 0.309. The molecule has 4 aromatic rings. The number of nitrogens with zero attached hydrogens (tertiary/aromatic N) is 4. The molecule has 0 aliphatic rings. The fourth-order valence-electron chi connectivity index (χ4n) is 3.63. The second kappa shape index (κ2) is 10.2. The number of para-hydroxylation sites is 1. The smallest absolute Gasteiger partial charge is 0.233 e. The van der Waals surface area contributed by atoms with E-state index < -0.39 is 0 Å². The molecular formula is C27H27FN4OS. The van der Waals surface area contributed by atoms with Crippen LogP contribution in [0.4, 0.5) is 4.39 Å². The highest BCUT2D eigenvalue weighted by molar-refractivity contribution is 7.99. The molecule has 0 unspecified atom stereocenters. The Morgan fingerprint density at radius 1 is 0.912 bits per heavy atom. The van der Waals surface area contributed by atoms with Crippen molar-refractivity contribution in [1.29, 1.82) is 0 Å². The van der Waals surface area contributed by atoms with E-state index in [9.17, 15) is 9.18 Å². The van der Waals surface area contributed by atoms with Gasteiger partial charge in [-0.15, -0.1) is 10.2 Å². The van der Waals surface area contributed by atoms with Crippen LogP contribution in [-0.4, -0.2) is 36.9 Å². The van der Waals surface area contributed by atoms with Gasteiger partial charge in [-0.2, -0.15) is 0 Å². The molecular weight excluding hydrogens is 447 g/mol. The van der Waals surface area contributed by atoms with Crippen molar-refractivity contribution in [2.24, 2.45) is 0 Å². The van der Waals surface area contributed by atoms with E-state index in [0.717, 1.165) is 16.8 Å². The topological polar surface area (TPSA) is 51.0 Å². The van der Waals surface area contributed by atoms with Crippen molar-refractivity contribution in [3.8, 4) is 17.1 Å². The molecule has 0 bridgehead atoms. The van der Waals surface area contributed by atoms with Gasteiger partial charge in [-0.05, 0) is 62.7 Å². The number of hydrogen-bond acceptors (Lipinski definition) is 4. The molecule has 0 aliphatic heterocycles. The van der Waals surface area contributed by atoms with Gasteiger partial charge in [0.25, 0.3) is 0 Å². The van der Waals surface area contributed by atoms with Crippen molar-refractivity contribution in [2.75, 3.05) is 5.75 Å². The minimum Gasteiger partial charge on any atom is -0.333 e. The Bertz CT molecular complexity index is 1240. The first-order valence-electron chi connectivity index (χ1n) is 11.1. The molecule has 3 aromatic carbocycles. The summed E-state index contributed by atoms with van der Waals surface area (Å²) in [5.74, 6) is 0.527. The Hall–Kier alpha value is -3.45. The Morgan fingerprint density at radius 2 is 1.53 bits per heavy atom. The van der Waals surface area contributed by atoms with Gasteiger partial charge in [-0.25, -0.2) is 4.39 Å². The molecule has 174 valence electrons. The van der Waals surface area contributed by atoms with Crippen molar-refractivity contribution in [2.45, 2.75) is 38.0 Å². The molecule has 1 aromatic heterocycles. The summed E-state index contributed by atoms with van der Waals surface area (Å²) in [6.45, 7) is 6.66. The van der Waals surface area contributed by atoms with Crippen molar-refractivity contribution >= 4 is 17.7 Å². The lowest BCUT2D eigenvalue weighted by atomic mass is 10.0. The van der Waals surface area contributed by atoms with Crippen LogP contribution in [-0.2, 0) is 11.3 Å². The van der Waals surface area contributed by atoms with Crippen LogP contribution in [0.1, 0.15) is 26.3 Å². The molecule has 5 nitrogen and oxygen atoms in total. The van der Waals surface area contributed by atoms with Gasteiger partial charge in [0.1, 0.15) is 5.82 Å². The highest BCUT2D eigenvalue weighted by atomic mass is 32.2. The lowest BCUT2D eigenvalue weighted by Crippen LogP contribution is -2.45. The second-order valence-corrected chi connectivity index (χ2v) is 9.85. The summed E-state index contributed by atoms with van der Waals surface area (Å²) in [7, 11) is 0. The first kappa shape index (κ1) is 23.7. The van der Waals surface area contributed by atoms with Crippen LogP contribution in [0, 0.1) is 5.82 Å². The third-order valence-corrected chi connectivity index (χ3v) is 6.28. The van der Waals surface area contributed by atoms with Crippen LogP contribution in [0.5, 0.6) is 0 Å². The molecule has 0 fully saturated rings. The third kappa shape index (κ3) is 5.54. The molecule has 0 saturated heterocycles. The number of amides is 1. The molecule has 0 atom stereocenters. The number of carbonyl (C=O) groups excluding carboxylic acids is 1. The van der Waals surface area contributed by atoms with E-state index in [0.29, 0.717) is 17.5 Å². The molecule has 1 heterocycles. The van der Waals surface area contributed by atoms with E-state index in [-0.39, 0.29) is 23.0 Å². The van der Waals surface area contributed by atoms with Gasteiger partial charge in [0.2, 0.25) is 5.91 Å². The van der Waals surface area contributed by atoms with Crippen LogP contribution < -0.4 is 0 Å². The maximum absolute atomic E-state index is 13.5. The zero-order valence-electron chi connectivity index (χ0n) is 19.5. The van der Waals surface area contributed by atoms with Gasteiger partial charge in [0, 0.05) is 23.3 Å². The van der Waals surface area contributed by atoms with Crippen molar-refractivity contribution in [1.82, 2.24) is 19.7 Å². The van der Waals surface area contributed by atoms with Crippen LogP contribution in [0.15, 0.2) is 90.1 Å². The maximum atomic E-state index is 13.5. The first-order valence-corrected chi connectivity index (χ1v) is 12.1. The largest absolute Gasteiger partial charge is 0.333 e. The Labute approximate surface area is 203 Å². The highest BCUT2D eigenvalue weighted by Gasteiger charge is 2.27. The molecule has 0 N–H and O–H groups in total. The molecule has 0 radical (unpaired) electrons. The first-order chi connectivity index (χ1) is 16.3. The summed E-state index contributed by atoms with van der Waals surface area (Å²) in [4.78, 5) is 15.2. The van der Waals surface area contributed by atoms with Crippen molar-refractivity contribution in [3.05, 3.63) is 96.3 Å². The second-order valence-electron chi connectivity index (χ2n) is 8.91. The van der Waals surface area contributed by atoms with Crippen LogP contribution in [0.25, 0.3) is 17.1 Å². The number of halogens is 1. The minimum absolute atomic E-state index is 0.0206. The maximum Gasteiger partial charge on any atom is 0.233 e. The SMILES string of the molecule is CC(C)(C)N(Cc1ccccc1)C(=O)CSc1nnc(-c2ccc(F)cc2)n1-c1ccccc1. The molecule has 34 heavy (non-hydrogen) atoms. The summed E-state index contributed by atoms with van der Waals surface area (Å²) < 4.78 is 15.4.